The number of carbonyl (C=O) groups excluding carboxylic acids is 1. The van der Waals surface area contributed by atoms with Gasteiger partial charge in [0.25, 0.3) is 0 Å². The number of ether oxygens (including phenoxy) is 2. The molecule has 0 aliphatic carbocycles. The molecule has 0 bridgehead atoms. The van der Waals surface area contributed by atoms with E-state index in [-0.39, 0.29) is 18.0 Å². The molecule has 1 unspecified atom stereocenters. The van der Waals surface area contributed by atoms with Crippen molar-refractivity contribution < 1.29 is 19.5 Å². The fourth-order valence-electron chi connectivity index (χ4n) is 3.24. The summed E-state index contributed by atoms with van der Waals surface area (Å²) in [6.45, 7) is 8.71. The lowest BCUT2D eigenvalue weighted by Gasteiger charge is -2.49. The summed E-state index contributed by atoms with van der Waals surface area (Å²) in [7, 11) is 0. The highest BCUT2D eigenvalue weighted by molar-refractivity contribution is 5.73. The molecule has 1 atom stereocenters. The van der Waals surface area contributed by atoms with Crippen LogP contribution in [0.25, 0.3) is 0 Å². The maximum absolute atomic E-state index is 12.2. The van der Waals surface area contributed by atoms with Gasteiger partial charge in [0.2, 0.25) is 0 Å². The Balaban J connectivity index is 1.99. The van der Waals surface area contributed by atoms with Crippen molar-refractivity contribution in [1.29, 1.82) is 0 Å². The number of piperidine rings is 1. The van der Waals surface area contributed by atoms with Crippen LogP contribution in [0.15, 0.2) is 0 Å². The number of esters is 1. The van der Waals surface area contributed by atoms with Gasteiger partial charge in [-0.25, -0.2) is 0 Å². The lowest BCUT2D eigenvalue weighted by molar-refractivity contribution is -0.299. The molecule has 2 saturated heterocycles. The van der Waals surface area contributed by atoms with Gasteiger partial charge in [-0.1, -0.05) is 0 Å². The Hall–Kier alpha value is -0.650. The summed E-state index contributed by atoms with van der Waals surface area (Å²) in [6, 6.07) is 0. The molecule has 1 radical (unpaired) electrons. The zero-order chi connectivity index (χ0) is 14.3. The molecule has 2 rings (SSSR count). The average molecular weight is 270 g/mol. The quantitative estimate of drug-likeness (QED) is 0.719. The molecule has 0 saturated carbocycles. The summed E-state index contributed by atoms with van der Waals surface area (Å²) in [5.41, 5.74) is -1.00. The topological polar surface area (TPSA) is 58.7 Å². The molecule has 0 aromatic carbocycles. The molecule has 2 heterocycles. The van der Waals surface area contributed by atoms with Gasteiger partial charge in [-0.15, -0.1) is 10.3 Å². The molecule has 0 N–H and O–H groups in total. The first-order valence-electron chi connectivity index (χ1n) is 6.98. The van der Waals surface area contributed by atoms with Gasteiger partial charge >= 0.3 is 5.97 Å². The van der Waals surface area contributed by atoms with E-state index in [0.29, 0.717) is 26.1 Å². The Bertz CT molecular complexity index is 329. The number of carbonyl (C=O) groups is 1. The van der Waals surface area contributed by atoms with Crippen LogP contribution in [-0.4, -0.2) is 41.4 Å². The molecule has 2 aliphatic heterocycles. The predicted molar refractivity (Wildman–Crippen MR) is 68.7 cm³/mol. The third kappa shape index (κ3) is 3.09. The van der Waals surface area contributed by atoms with E-state index in [0.717, 1.165) is 11.5 Å². The molecule has 2 aliphatic rings. The van der Waals surface area contributed by atoms with Gasteiger partial charge in [-0.05, 0) is 34.1 Å². The molecule has 5 nitrogen and oxygen atoms in total. The van der Waals surface area contributed by atoms with Gasteiger partial charge in [-0.3, -0.25) is 4.79 Å². The average Bonchev–Trinajstić information content (AvgIpc) is 2.78. The van der Waals surface area contributed by atoms with Crippen LogP contribution in [0.3, 0.4) is 0 Å². The predicted octanol–water partition coefficient (Wildman–Crippen LogP) is 1.93. The Labute approximate surface area is 114 Å². The third-order valence-electron chi connectivity index (χ3n) is 4.10. The molecule has 109 valence electrons. The van der Waals surface area contributed by atoms with Crippen molar-refractivity contribution in [2.45, 2.75) is 64.1 Å². The van der Waals surface area contributed by atoms with Gasteiger partial charge < -0.3 is 9.47 Å². The largest absolute Gasteiger partial charge is 0.462 e. The highest BCUT2D eigenvalue weighted by Crippen LogP contribution is 2.38. The van der Waals surface area contributed by atoms with Crippen molar-refractivity contribution >= 4 is 5.97 Å². The Morgan fingerprint density at radius 3 is 2.26 bits per heavy atom. The van der Waals surface area contributed by atoms with E-state index in [1.165, 1.54) is 0 Å². The van der Waals surface area contributed by atoms with Crippen LogP contribution in [0.1, 0.15) is 47.0 Å². The zero-order valence-electron chi connectivity index (χ0n) is 12.3. The van der Waals surface area contributed by atoms with E-state index >= 15 is 0 Å². The fraction of sp³-hybridized carbons (Fsp3) is 0.929. The van der Waals surface area contributed by atoms with Crippen molar-refractivity contribution in [1.82, 2.24) is 5.06 Å². The smallest absolute Gasteiger partial charge is 0.311 e. The number of nitrogens with zero attached hydrogens (tertiary/aromatic N) is 1. The summed E-state index contributed by atoms with van der Waals surface area (Å²) in [5, 5.41) is 13.4. The zero-order valence-corrected chi connectivity index (χ0v) is 12.3. The second kappa shape index (κ2) is 5.04. The highest BCUT2D eigenvalue weighted by Gasteiger charge is 2.47. The third-order valence-corrected chi connectivity index (χ3v) is 4.10. The van der Waals surface area contributed by atoms with E-state index < -0.39 is 11.1 Å². The molecule has 2 fully saturated rings. The SMILES string of the molecule is CC1(C)CC(OC(=O)C2CCOC2)CC(C)(C)N1[O]. The van der Waals surface area contributed by atoms with E-state index in [4.69, 9.17) is 9.47 Å². The van der Waals surface area contributed by atoms with Crippen LogP contribution < -0.4 is 0 Å². The number of rotatable bonds is 2. The normalized spacial score (nSPS) is 31.3. The first kappa shape index (κ1) is 14.8. The lowest BCUT2D eigenvalue weighted by atomic mass is 9.80. The lowest BCUT2D eigenvalue weighted by Crippen LogP contribution is -2.60. The minimum Gasteiger partial charge on any atom is -0.462 e. The van der Waals surface area contributed by atoms with Crippen LogP contribution in [0.5, 0.6) is 0 Å². The van der Waals surface area contributed by atoms with Gasteiger partial charge in [0.1, 0.15) is 6.10 Å². The van der Waals surface area contributed by atoms with Crippen LogP contribution >= 0.6 is 0 Å². The summed E-state index contributed by atoms with van der Waals surface area (Å²) in [4.78, 5) is 12.0. The van der Waals surface area contributed by atoms with Crippen LogP contribution in [0, 0.1) is 5.92 Å². The first-order chi connectivity index (χ1) is 8.72. The van der Waals surface area contributed by atoms with Gasteiger partial charge in [0, 0.05) is 30.5 Å². The second-order valence-corrected chi connectivity index (χ2v) is 6.95. The van der Waals surface area contributed by atoms with Crippen molar-refractivity contribution in [2.24, 2.45) is 5.92 Å². The molecular weight excluding hydrogens is 246 g/mol. The summed E-state index contributed by atoms with van der Waals surface area (Å²) in [5.74, 6) is -0.301. The first-order valence-corrected chi connectivity index (χ1v) is 6.98. The van der Waals surface area contributed by atoms with E-state index in [9.17, 15) is 10.0 Å². The molecule has 0 aromatic rings. The maximum atomic E-state index is 12.2. The molecule has 0 spiro atoms. The Morgan fingerprint density at radius 2 is 1.79 bits per heavy atom. The maximum Gasteiger partial charge on any atom is 0.311 e. The second-order valence-electron chi connectivity index (χ2n) is 6.95. The van der Waals surface area contributed by atoms with Crippen LogP contribution in [0.2, 0.25) is 0 Å². The molecule has 5 heteroatoms. The summed E-state index contributed by atoms with van der Waals surface area (Å²) < 4.78 is 10.8. The van der Waals surface area contributed by atoms with Gasteiger partial charge in [0.05, 0.1) is 12.5 Å². The minimum absolute atomic E-state index is 0.128. The molecule has 0 aromatic heterocycles. The van der Waals surface area contributed by atoms with Crippen molar-refractivity contribution in [3.8, 4) is 0 Å². The molecule has 0 amide bonds. The number of hydroxylamine groups is 2. The van der Waals surface area contributed by atoms with Crippen molar-refractivity contribution in [3.05, 3.63) is 0 Å². The van der Waals surface area contributed by atoms with Crippen LogP contribution in [-0.2, 0) is 19.5 Å². The molecular formula is C14H24NO4. The van der Waals surface area contributed by atoms with E-state index in [2.05, 4.69) is 0 Å². The van der Waals surface area contributed by atoms with E-state index in [1.807, 2.05) is 27.7 Å². The highest BCUT2D eigenvalue weighted by atomic mass is 16.6. The summed E-state index contributed by atoms with van der Waals surface area (Å²) >= 11 is 0. The van der Waals surface area contributed by atoms with E-state index in [1.54, 1.807) is 0 Å². The number of hydrogen-bond donors (Lipinski definition) is 0. The molecule has 19 heavy (non-hydrogen) atoms. The monoisotopic (exact) mass is 270 g/mol. The Kier molecular flexibility index (Phi) is 3.91. The number of hydrogen-bond acceptors (Lipinski definition) is 4. The van der Waals surface area contributed by atoms with Crippen LogP contribution in [0.4, 0.5) is 0 Å². The minimum atomic E-state index is -0.501. The Morgan fingerprint density at radius 1 is 1.21 bits per heavy atom. The van der Waals surface area contributed by atoms with Gasteiger partial charge in [-0.2, -0.15) is 0 Å². The fourth-order valence-corrected chi connectivity index (χ4v) is 3.24. The van der Waals surface area contributed by atoms with Crippen molar-refractivity contribution in [3.63, 3.8) is 0 Å². The van der Waals surface area contributed by atoms with Gasteiger partial charge in [0.15, 0.2) is 0 Å². The van der Waals surface area contributed by atoms with Crippen molar-refractivity contribution in [2.75, 3.05) is 13.2 Å². The standard InChI is InChI=1S/C14H24NO4/c1-13(2)7-11(8-14(3,4)15(13)17)19-12(16)10-5-6-18-9-10/h10-11H,5-9H2,1-4H3. The summed E-state index contributed by atoms with van der Waals surface area (Å²) in [6.07, 6.45) is 1.73.